The predicted octanol–water partition coefficient (Wildman–Crippen LogP) is 5.63. The SMILES string of the molecule is O=C(c1ccc(Cl)cc1)C(Br)Oc1cccc(Cl)c1Cl. The Bertz CT molecular complexity index is 629. The lowest BCUT2D eigenvalue weighted by atomic mass is 10.1. The average Bonchev–Trinajstić information content (AvgIpc) is 2.44. The quantitative estimate of drug-likeness (QED) is 0.496. The fourth-order valence-electron chi connectivity index (χ4n) is 1.49. The Morgan fingerprint density at radius 1 is 1.05 bits per heavy atom. The molecule has 0 heterocycles. The van der Waals surface area contributed by atoms with Gasteiger partial charge in [0, 0.05) is 10.6 Å². The molecule has 2 aromatic carbocycles. The third-order valence-corrected chi connectivity index (χ3v) is 4.14. The number of benzene rings is 2. The molecular formula is C14H8BrCl3O2. The minimum Gasteiger partial charge on any atom is -0.469 e. The van der Waals surface area contributed by atoms with Crippen LogP contribution in [0.5, 0.6) is 5.75 Å². The zero-order valence-corrected chi connectivity index (χ0v) is 13.8. The van der Waals surface area contributed by atoms with E-state index < -0.39 is 5.01 Å². The first-order valence-electron chi connectivity index (χ1n) is 5.53. The van der Waals surface area contributed by atoms with Crippen molar-refractivity contribution in [2.45, 2.75) is 5.01 Å². The van der Waals surface area contributed by atoms with E-state index in [0.717, 1.165) is 0 Å². The van der Waals surface area contributed by atoms with Gasteiger partial charge in [0.05, 0.1) is 5.02 Å². The van der Waals surface area contributed by atoms with Gasteiger partial charge in [-0.3, -0.25) is 4.79 Å². The van der Waals surface area contributed by atoms with E-state index in [1.54, 1.807) is 42.5 Å². The number of rotatable bonds is 4. The van der Waals surface area contributed by atoms with Gasteiger partial charge in [0.25, 0.3) is 0 Å². The van der Waals surface area contributed by atoms with Crippen LogP contribution in [0.2, 0.25) is 15.1 Å². The van der Waals surface area contributed by atoms with Crippen LogP contribution >= 0.6 is 50.7 Å². The summed E-state index contributed by atoms with van der Waals surface area (Å²) in [6.07, 6.45) is 0. The van der Waals surface area contributed by atoms with E-state index >= 15 is 0 Å². The molecule has 0 saturated carbocycles. The molecule has 0 fully saturated rings. The van der Waals surface area contributed by atoms with Crippen molar-refractivity contribution < 1.29 is 9.53 Å². The summed E-state index contributed by atoms with van der Waals surface area (Å²) in [6, 6.07) is 11.5. The molecular weight excluding hydrogens is 386 g/mol. The maximum absolute atomic E-state index is 12.2. The molecule has 1 unspecified atom stereocenters. The summed E-state index contributed by atoms with van der Waals surface area (Å²) < 4.78 is 5.49. The number of alkyl halides is 1. The Hall–Kier alpha value is -0.740. The Morgan fingerprint density at radius 3 is 2.35 bits per heavy atom. The van der Waals surface area contributed by atoms with Crippen LogP contribution < -0.4 is 4.74 Å². The average molecular weight is 394 g/mol. The van der Waals surface area contributed by atoms with Crippen molar-refractivity contribution in [3.63, 3.8) is 0 Å². The molecule has 2 rings (SSSR count). The number of hydrogen-bond donors (Lipinski definition) is 0. The second-order valence-electron chi connectivity index (χ2n) is 3.86. The number of hydrogen-bond acceptors (Lipinski definition) is 2. The molecule has 0 aliphatic rings. The van der Waals surface area contributed by atoms with Gasteiger partial charge >= 0.3 is 0 Å². The number of Topliss-reactive ketones (excluding diaryl/α,β-unsaturated/α-hetero) is 1. The molecule has 0 saturated heterocycles. The molecule has 0 aliphatic heterocycles. The van der Waals surface area contributed by atoms with E-state index in [1.807, 2.05) is 0 Å². The molecule has 0 radical (unpaired) electrons. The van der Waals surface area contributed by atoms with Gasteiger partial charge in [-0.1, -0.05) is 40.9 Å². The lowest BCUT2D eigenvalue weighted by molar-refractivity contribution is 0.0897. The van der Waals surface area contributed by atoms with Crippen molar-refractivity contribution in [2.75, 3.05) is 0 Å². The molecule has 0 aliphatic carbocycles. The number of ketones is 1. The van der Waals surface area contributed by atoms with Gasteiger partial charge in [-0.15, -0.1) is 0 Å². The largest absolute Gasteiger partial charge is 0.469 e. The van der Waals surface area contributed by atoms with E-state index in [2.05, 4.69) is 15.9 Å². The van der Waals surface area contributed by atoms with Crippen LogP contribution in [0, 0.1) is 0 Å². The highest BCUT2D eigenvalue weighted by molar-refractivity contribution is 9.09. The second kappa shape index (κ2) is 6.81. The first-order chi connectivity index (χ1) is 9.49. The molecule has 2 nitrogen and oxygen atoms in total. The predicted molar refractivity (Wildman–Crippen MR) is 85.6 cm³/mol. The minimum atomic E-state index is -0.861. The fraction of sp³-hybridized carbons (Fsp3) is 0.0714. The summed E-state index contributed by atoms with van der Waals surface area (Å²) in [6.45, 7) is 0. The highest BCUT2D eigenvalue weighted by atomic mass is 79.9. The molecule has 6 heteroatoms. The molecule has 0 N–H and O–H groups in total. The smallest absolute Gasteiger partial charge is 0.215 e. The molecule has 0 spiro atoms. The van der Waals surface area contributed by atoms with E-state index in [9.17, 15) is 4.79 Å². The van der Waals surface area contributed by atoms with Gasteiger partial charge in [0.1, 0.15) is 10.8 Å². The molecule has 1 atom stereocenters. The van der Waals surface area contributed by atoms with Gasteiger partial charge in [-0.25, -0.2) is 0 Å². The lowest BCUT2D eigenvalue weighted by Gasteiger charge is -2.13. The van der Waals surface area contributed by atoms with Gasteiger partial charge in [-0.05, 0) is 52.3 Å². The van der Waals surface area contributed by atoms with Crippen molar-refractivity contribution >= 4 is 56.5 Å². The molecule has 0 amide bonds. The van der Waals surface area contributed by atoms with Gasteiger partial charge < -0.3 is 4.74 Å². The van der Waals surface area contributed by atoms with E-state index in [1.165, 1.54) is 0 Å². The van der Waals surface area contributed by atoms with Crippen LogP contribution in [-0.2, 0) is 0 Å². The number of halogens is 4. The number of carbonyl (C=O) groups excluding carboxylic acids is 1. The maximum Gasteiger partial charge on any atom is 0.215 e. The van der Waals surface area contributed by atoms with Gasteiger partial charge in [0.2, 0.25) is 10.8 Å². The van der Waals surface area contributed by atoms with Gasteiger partial charge in [-0.2, -0.15) is 0 Å². The van der Waals surface area contributed by atoms with Crippen LogP contribution in [0.3, 0.4) is 0 Å². The first kappa shape index (κ1) is 15.6. The Balaban J connectivity index is 2.15. The highest BCUT2D eigenvalue weighted by Gasteiger charge is 2.20. The minimum absolute atomic E-state index is 0.238. The summed E-state index contributed by atoms with van der Waals surface area (Å²) in [5.41, 5.74) is 0.481. The van der Waals surface area contributed by atoms with Crippen molar-refractivity contribution in [3.05, 3.63) is 63.1 Å². The standard InChI is InChI=1S/C14H8BrCl3O2/c15-14(13(19)8-4-6-9(16)7-5-8)20-11-3-1-2-10(17)12(11)18/h1-7,14H. The molecule has 2 aromatic rings. The summed E-state index contributed by atoms with van der Waals surface area (Å²) in [5.74, 6) is 0.0982. The molecule has 0 bridgehead atoms. The van der Waals surface area contributed by atoms with Crippen LogP contribution in [0.1, 0.15) is 10.4 Å². The monoisotopic (exact) mass is 392 g/mol. The highest BCUT2D eigenvalue weighted by Crippen LogP contribution is 2.33. The normalized spacial score (nSPS) is 12.0. The van der Waals surface area contributed by atoms with Crippen LogP contribution in [0.25, 0.3) is 0 Å². The summed E-state index contributed by atoms with van der Waals surface area (Å²) in [5, 5.41) is 0.330. The van der Waals surface area contributed by atoms with E-state index in [0.29, 0.717) is 21.4 Å². The summed E-state index contributed by atoms with van der Waals surface area (Å²) in [4.78, 5) is 12.2. The van der Waals surface area contributed by atoms with Crippen molar-refractivity contribution in [3.8, 4) is 5.75 Å². The third-order valence-electron chi connectivity index (χ3n) is 2.48. The number of ether oxygens (including phenoxy) is 1. The van der Waals surface area contributed by atoms with Gasteiger partial charge in [0.15, 0.2) is 0 Å². The molecule has 0 aromatic heterocycles. The molecule has 20 heavy (non-hydrogen) atoms. The summed E-state index contributed by atoms with van der Waals surface area (Å²) >= 11 is 20.9. The van der Waals surface area contributed by atoms with Crippen molar-refractivity contribution in [1.82, 2.24) is 0 Å². The molecule has 104 valence electrons. The Labute approximate surface area is 139 Å². The Kier molecular flexibility index (Phi) is 5.33. The van der Waals surface area contributed by atoms with E-state index in [4.69, 9.17) is 39.5 Å². The fourth-order valence-corrected chi connectivity index (χ4v) is 2.41. The zero-order valence-electron chi connectivity index (χ0n) is 9.95. The number of carbonyl (C=O) groups is 1. The Morgan fingerprint density at radius 2 is 1.70 bits per heavy atom. The van der Waals surface area contributed by atoms with Crippen LogP contribution in [0.4, 0.5) is 0 Å². The second-order valence-corrected chi connectivity index (χ2v) is 5.91. The lowest BCUT2D eigenvalue weighted by Crippen LogP contribution is -2.20. The van der Waals surface area contributed by atoms with Crippen molar-refractivity contribution in [1.29, 1.82) is 0 Å². The zero-order chi connectivity index (χ0) is 14.7. The third kappa shape index (κ3) is 3.67. The van der Waals surface area contributed by atoms with E-state index in [-0.39, 0.29) is 10.8 Å². The van der Waals surface area contributed by atoms with Crippen LogP contribution in [0.15, 0.2) is 42.5 Å². The topological polar surface area (TPSA) is 26.3 Å². The maximum atomic E-state index is 12.2. The van der Waals surface area contributed by atoms with Crippen LogP contribution in [-0.4, -0.2) is 10.8 Å². The van der Waals surface area contributed by atoms with Crippen molar-refractivity contribution in [2.24, 2.45) is 0 Å². The first-order valence-corrected chi connectivity index (χ1v) is 7.58. The summed E-state index contributed by atoms with van der Waals surface area (Å²) in [7, 11) is 0.